The molecule has 120 valence electrons. The van der Waals surface area contributed by atoms with Crippen molar-refractivity contribution in [3.05, 3.63) is 23.2 Å². The molecule has 1 aromatic rings. The van der Waals surface area contributed by atoms with Crippen LogP contribution in [0.4, 0.5) is 0 Å². The number of nitrogens with zero attached hydrogens (tertiary/aromatic N) is 1. The van der Waals surface area contributed by atoms with Gasteiger partial charge in [-0.05, 0) is 47.6 Å². The van der Waals surface area contributed by atoms with Crippen LogP contribution in [0.25, 0.3) is 0 Å². The number of morpholine rings is 1. The monoisotopic (exact) mass is 294 g/mol. The van der Waals surface area contributed by atoms with E-state index >= 15 is 0 Å². The smallest absolute Gasteiger partial charge is 0.118 e. The highest BCUT2D eigenvalue weighted by Gasteiger charge is 2.31. The van der Waals surface area contributed by atoms with Gasteiger partial charge in [0.25, 0.3) is 0 Å². The molecule has 4 nitrogen and oxygen atoms in total. The molecule has 21 heavy (non-hydrogen) atoms. The first-order valence-corrected chi connectivity index (χ1v) is 7.83. The average Bonchev–Trinajstić information content (AvgIpc) is 2.69. The van der Waals surface area contributed by atoms with Gasteiger partial charge >= 0.3 is 0 Å². The van der Waals surface area contributed by atoms with Crippen molar-refractivity contribution >= 4 is 0 Å². The van der Waals surface area contributed by atoms with E-state index in [0.29, 0.717) is 0 Å². The summed E-state index contributed by atoms with van der Waals surface area (Å²) in [5.74, 6) is 2.05. The number of hydrogen-bond donors (Lipinski definition) is 1. The van der Waals surface area contributed by atoms with Crippen molar-refractivity contribution in [1.82, 2.24) is 10.2 Å². The minimum absolute atomic E-state index is 0.0891. The van der Waals surface area contributed by atoms with E-state index in [1.54, 1.807) is 0 Å². The van der Waals surface area contributed by atoms with Crippen LogP contribution in [0, 0.1) is 6.92 Å². The first-order valence-electron chi connectivity index (χ1n) is 7.83. The zero-order chi connectivity index (χ0) is 15.7. The SMILES string of the molecule is Cc1oc(CNC(C)(C)C)cc1CN1CCOCC1(C)C. The van der Waals surface area contributed by atoms with E-state index in [-0.39, 0.29) is 11.1 Å². The van der Waals surface area contributed by atoms with Crippen LogP contribution in [-0.2, 0) is 17.8 Å². The zero-order valence-electron chi connectivity index (χ0n) is 14.4. The number of hydrogen-bond acceptors (Lipinski definition) is 4. The van der Waals surface area contributed by atoms with E-state index in [2.05, 4.69) is 57.8 Å². The summed E-state index contributed by atoms with van der Waals surface area (Å²) < 4.78 is 11.5. The van der Waals surface area contributed by atoms with E-state index < -0.39 is 0 Å². The summed E-state index contributed by atoms with van der Waals surface area (Å²) in [6, 6.07) is 2.19. The summed E-state index contributed by atoms with van der Waals surface area (Å²) in [5.41, 5.74) is 1.48. The topological polar surface area (TPSA) is 37.6 Å². The summed E-state index contributed by atoms with van der Waals surface area (Å²) in [4.78, 5) is 2.48. The van der Waals surface area contributed by atoms with Gasteiger partial charge in [0.05, 0.1) is 19.8 Å². The van der Waals surface area contributed by atoms with Crippen LogP contribution in [0.1, 0.15) is 51.7 Å². The van der Waals surface area contributed by atoms with Crippen molar-refractivity contribution in [2.45, 2.75) is 65.7 Å². The molecule has 0 aliphatic carbocycles. The molecule has 0 spiro atoms. The number of furan rings is 1. The standard InChI is InChI=1S/C17H30N2O2/c1-13-14(9-15(21-13)10-18-16(2,3)4)11-19-7-8-20-12-17(19,5)6/h9,18H,7-8,10-12H2,1-6H3. The molecule has 0 amide bonds. The second kappa shape index (κ2) is 6.11. The molecular formula is C17H30N2O2. The van der Waals surface area contributed by atoms with Gasteiger partial charge in [0.2, 0.25) is 0 Å². The second-order valence-electron chi connectivity index (χ2n) is 7.68. The minimum atomic E-state index is 0.0891. The Kier molecular flexibility index (Phi) is 4.81. The van der Waals surface area contributed by atoms with Gasteiger partial charge < -0.3 is 14.5 Å². The molecule has 0 atom stereocenters. The average molecular weight is 294 g/mol. The molecule has 2 rings (SSSR count). The molecule has 1 aliphatic rings. The summed E-state index contributed by atoms with van der Waals surface area (Å²) in [7, 11) is 0. The van der Waals surface area contributed by atoms with E-state index in [1.807, 2.05) is 0 Å². The van der Waals surface area contributed by atoms with Gasteiger partial charge in [-0.1, -0.05) is 0 Å². The third kappa shape index (κ3) is 4.56. The van der Waals surface area contributed by atoms with Crippen molar-refractivity contribution in [3.8, 4) is 0 Å². The maximum absolute atomic E-state index is 5.90. The molecule has 1 N–H and O–H groups in total. The Labute approximate surface area is 128 Å². The summed E-state index contributed by atoms with van der Waals surface area (Å²) in [5, 5.41) is 3.47. The predicted octanol–water partition coefficient (Wildman–Crippen LogP) is 3.09. The van der Waals surface area contributed by atoms with Crippen LogP contribution in [0.3, 0.4) is 0 Å². The molecule has 0 saturated carbocycles. The lowest BCUT2D eigenvalue weighted by Crippen LogP contribution is -2.52. The lowest BCUT2D eigenvalue weighted by molar-refractivity contribution is -0.0554. The maximum atomic E-state index is 5.90. The third-order valence-corrected chi connectivity index (χ3v) is 4.04. The Morgan fingerprint density at radius 2 is 2.05 bits per heavy atom. The molecule has 0 radical (unpaired) electrons. The Morgan fingerprint density at radius 3 is 2.67 bits per heavy atom. The van der Waals surface area contributed by atoms with Gasteiger partial charge in [-0.15, -0.1) is 0 Å². The van der Waals surface area contributed by atoms with Crippen molar-refractivity contribution in [2.24, 2.45) is 0 Å². The highest BCUT2D eigenvalue weighted by atomic mass is 16.5. The van der Waals surface area contributed by atoms with Gasteiger partial charge in [0, 0.05) is 29.7 Å². The molecular weight excluding hydrogens is 264 g/mol. The number of rotatable bonds is 4. The Morgan fingerprint density at radius 1 is 1.33 bits per heavy atom. The second-order valence-corrected chi connectivity index (χ2v) is 7.68. The molecule has 2 heterocycles. The Bertz CT molecular complexity index is 472. The van der Waals surface area contributed by atoms with Crippen molar-refractivity contribution in [2.75, 3.05) is 19.8 Å². The summed E-state index contributed by atoms with van der Waals surface area (Å²) >= 11 is 0. The first kappa shape index (κ1) is 16.5. The fourth-order valence-electron chi connectivity index (χ4n) is 2.57. The number of ether oxygens (including phenoxy) is 1. The van der Waals surface area contributed by atoms with E-state index in [1.165, 1.54) is 5.56 Å². The largest absolute Gasteiger partial charge is 0.465 e. The van der Waals surface area contributed by atoms with Gasteiger partial charge in [0.1, 0.15) is 11.5 Å². The van der Waals surface area contributed by atoms with Crippen LogP contribution in [0.5, 0.6) is 0 Å². The Balaban J connectivity index is 2.02. The van der Waals surface area contributed by atoms with Crippen LogP contribution in [0.15, 0.2) is 10.5 Å². The van der Waals surface area contributed by atoms with E-state index in [0.717, 1.165) is 44.4 Å². The van der Waals surface area contributed by atoms with Gasteiger partial charge in [0.15, 0.2) is 0 Å². The van der Waals surface area contributed by atoms with Gasteiger partial charge in [-0.3, -0.25) is 4.90 Å². The molecule has 1 aliphatic heterocycles. The van der Waals surface area contributed by atoms with Gasteiger partial charge in [-0.25, -0.2) is 0 Å². The predicted molar refractivity (Wildman–Crippen MR) is 85.3 cm³/mol. The van der Waals surface area contributed by atoms with Crippen LogP contribution < -0.4 is 5.32 Å². The lowest BCUT2D eigenvalue weighted by atomic mass is 10.0. The zero-order valence-corrected chi connectivity index (χ0v) is 14.4. The molecule has 1 fully saturated rings. The molecule has 0 bridgehead atoms. The maximum Gasteiger partial charge on any atom is 0.118 e. The molecule has 1 saturated heterocycles. The van der Waals surface area contributed by atoms with Gasteiger partial charge in [-0.2, -0.15) is 0 Å². The number of aryl methyl sites for hydroxylation is 1. The Hall–Kier alpha value is -0.840. The quantitative estimate of drug-likeness (QED) is 0.926. The van der Waals surface area contributed by atoms with Crippen molar-refractivity contribution in [1.29, 1.82) is 0 Å². The normalized spacial score (nSPS) is 19.9. The molecule has 1 aromatic heterocycles. The van der Waals surface area contributed by atoms with E-state index in [4.69, 9.17) is 9.15 Å². The van der Waals surface area contributed by atoms with Crippen LogP contribution in [-0.4, -0.2) is 35.7 Å². The molecule has 0 aromatic carbocycles. The highest BCUT2D eigenvalue weighted by Crippen LogP contribution is 2.24. The lowest BCUT2D eigenvalue weighted by Gasteiger charge is -2.42. The highest BCUT2D eigenvalue weighted by molar-refractivity contribution is 5.21. The fourth-order valence-corrected chi connectivity index (χ4v) is 2.57. The summed E-state index contributed by atoms with van der Waals surface area (Å²) in [6.07, 6.45) is 0. The fraction of sp³-hybridized carbons (Fsp3) is 0.765. The van der Waals surface area contributed by atoms with Crippen molar-refractivity contribution in [3.63, 3.8) is 0 Å². The molecule has 0 unspecified atom stereocenters. The van der Waals surface area contributed by atoms with E-state index in [9.17, 15) is 0 Å². The minimum Gasteiger partial charge on any atom is -0.465 e. The molecule has 4 heteroatoms. The van der Waals surface area contributed by atoms with Crippen molar-refractivity contribution < 1.29 is 9.15 Å². The van der Waals surface area contributed by atoms with Crippen LogP contribution in [0.2, 0.25) is 0 Å². The van der Waals surface area contributed by atoms with Crippen LogP contribution >= 0.6 is 0 Å². The first-order chi connectivity index (χ1) is 9.67. The third-order valence-electron chi connectivity index (χ3n) is 4.04. The number of nitrogens with one attached hydrogen (secondary N) is 1. The summed E-state index contributed by atoms with van der Waals surface area (Å²) in [6.45, 7) is 17.3.